The van der Waals surface area contributed by atoms with Gasteiger partial charge in [-0.2, -0.15) is 0 Å². The third-order valence-corrected chi connectivity index (χ3v) is 4.88. The van der Waals surface area contributed by atoms with Gasteiger partial charge in [-0.05, 0) is 37.3 Å². The van der Waals surface area contributed by atoms with Gasteiger partial charge in [0, 0.05) is 12.1 Å². The Kier molecular flexibility index (Phi) is 5.33. The number of carbonyl (C=O) groups excluding carboxylic acids is 1. The number of ether oxygens (including phenoxy) is 1. The van der Waals surface area contributed by atoms with E-state index >= 15 is 0 Å². The first-order valence-corrected chi connectivity index (χ1v) is 8.50. The van der Waals surface area contributed by atoms with Crippen LogP contribution in [0.1, 0.15) is 44.1 Å². The van der Waals surface area contributed by atoms with Crippen LogP contribution in [0.5, 0.6) is 0 Å². The molecule has 2 N–H and O–H groups in total. The zero-order valence-corrected chi connectivity index (χ0v) is 13.1. The van der Waals surface area contributed by atoms with Gasteiger partial charge in [0.05, 0.1) is 0 Å². The molecule has 1 amide bonds. The molecule has 0 aliphatic heterocycles. The SMILES string of the molecule is O=C(NC1CC(NCCC2CCC2)C1)OCc1ccccc1. The second-order valence-electron chi connectivity index (χ2n) is 6.61. The highest BCUT2D eigenvalue weighted by atomic mass is 16.5. The monoisotopic (exact) mass is 302 g/mol. The van der Waals surface area contributed by atoms with Gasteiger partial charge in [0.2, 0.25) is 0 Å². The summed E-state index contributed by atoms with van der Waals surface area (Å²) in [4.78, 5) is 11.7. The van der Waals surface area contributed by atoms with Crippen molar-refractivity contribution >= 4 is 6.09 Å². The highest BCUT2D eigenvalue weighted by molar-refractivity contribution is 5.67. The van der Waals surface area contributed by atoms with Gasteiger partial charge >= 0.3 is 6.09 Å². The molecule has 0 unspecified atom stereocenters. The molecule has 2 aliphatic carbocycles. The standard InChI is InChI=1S/C18H26N2O2/c21-18(22-13-15-5-2-1-3-6-15)20-17-11-16(12-17)19-10-9-14-7-4-8-14/h1-3,5-6,14,16-17,19H,4,7-13H2,(H,20,21). The fourth-order valence-corrected chi connectivity index (χ4v) is 3.11. The summed E-state index contributed by atoms with van der Waals surface area (Å²) in [6.45, 7) is 1.46. The van der Waals surface area contributed by atoms with E-state index in [2.05, 4.69) is 10.6 Å². The Morgan fingerprint density at radius 1 is 1.14 bits per heavy atom. The average molecular weight is 302 g/mol. The van der Waals surface area contributed by atoms with Crippen molar-refractivity contribution in [3.05, 3.63) is 35.9 Å². The highest BCUT2D eigenvalue weighted by Gasteiger charge is 2.30. The second-order valence-corrected chi connectivity index (χ2v) is 6.61. The van der Waals surface area contributed by atoms with Crippen LogP contribution in [0.3, 0.4) is 0 Å². The number of hydrogen-bond donors (Lipinski definition) is 2. The van der Waals surface area contributed by atoms with Crippen molar-refractivity contribution < 1.29 is 9.53 Å². The van der Waals surface area contributed by atoms with Gasteiger partial charge in [0.1, 0.15) is 6.61 Å². The lowest BCUT2D eigenvalue weighted by Gasteiger charge is -2.36. The van der Waals surface area contributed by atoms with E-state index in [0.29, 0.717) is 12.6 Å². The number of benzene rings is 1. The van der Waals surface area contributed by atoms with Gasteiger partial charge in [0.25, 0.3) is 0 Å². The molecule has 0 radical (unpaired) electrons. The number of carbonyl (C=O) groups is 1. The van der Waals surface area contributed by atoms with E-state index in [4.69, 9.17) is 4.74 Å². The first-order chi connectivity index (χ1) is 10.8. The molecule has 120 valence electrons. The number of nitrogens with one attached hydrogen (secondary N) is 2. The lowest BCUT2D eigenvalue weighted by Crippen LogP contribution is -2.52. The topological polar surface area (TPSA) is 50.4 Å². The predicted molar refractivity (Wildman–Crippen MR) is 86.5 cm³/mol. The molecule has 2 fully saturated rings. The summed E-state index contributed by atoms with van der Waals surface area (Å²) in [6, 6.07) is 10.6. The minimum atomic E-state index is -0.304. The van der Waals surface area contributed by atoms with Crippen LogP contribution in [0.2, 0.25) is 0 Å². The molecule has 0 saturated heterocycles. The zero-order valence-electron chi connectivity index (χ0n) is 13.1. The van der Waals surface area contributed by atoms with Crippen molar-refractivity contribution in [1.82, 2.24) is 10.6 Å². The van der Waals surface area contributed by atoms with Crippen LogP contribution in [-0.4, -0.2) is 24.7 Å². The summed E-state index contributed by atoms with van der Waals surface area (Å²) in [6.07, 6.45) is 7.31. The number of hydrogen-bond acceptors (Lipinski definition) is 3. The normalized spacial score (nSPS) is 24.2. The fourth-order valence-electron chi connectivity index (χ4n) is 3.11. The van der Waals surface area contributed by atoms with Gasteiger partial charge in [-0.15, -0.1) is 0 Å². The summed E-state index contributed by atoms with van der Waals surface area (Å²) in [5.41, 5.74) is 1.02. The maximum absolute atomic E-state index is 11.7. The van der Waals surface area contributed by atoms with E-state index in [1.807, 2.05) is 30.3 Å². The molecule has 2 saturated carbocycles. The van der Waals surface area contributed by atoms with E-state index in [1.54, 1.807) is 0 Å². The number of alkyl carbamates (subject to hydrolysis) is 1. The Bertz CT molecular complexity index is 467. The summed E-state index contributed by atoms with van der Waals surface area (Å²) in [5.74, 6) is 0.967. The summed E-state index contributed by atoms with van der Waals surface area (Å²) < 4.78 is 5.23. The number of amides is 1. The highest BCUT2D eigenvalue weighted by Crippen LogP contribution is 2.29. The van der Waals surface area contributed by atoms with Crippen LogP contribution in [-0.2, 0) is 11.3 Å². The van der Waals surface area contributed by atoms with Crippen molar-refractivity contribution in [2.45, 2.75) is 57.2 Å². The van der Waals surface area contributed by atoms with Crippen molar-refractivity contribution in [3.8, 4) is 0 Å². The van der Waals surface area contributed by atoms with Crippen molar-refractivity contribution in [2.75, 3.05) is 6.54 Å². The molecule has 0 atom stereocenters. The van der Waals surface area contributed by atoms with Crippen LogP contribution in [0.25, 0.3) is 0 Å². The molecule has 2 aliphatic rings. The Balaban J connectivity index is 1.23. The molecule has 1 aromatic carbocycles. The maximum Gasteiger partial charge on any atom is 0.407 e. The quantitative estimate of drug-likeness (QED) is 0.813. The van der Waals surface area contributed by atoms with E-state index in [1.165, 1.54) is 25.7 Å². The lowest BCUT2D eigenvalue weighted by molar-refractivity contribution is 0.125. The smallest absolute Gasteiger partial charge is 0.407 e. The summed E-state index contributed by atoms with van der Waals surface area (Å²) in [5, 5.41) is 6.52. The van der Waals surface area contributed by atoms with Gasteiger partial charge in [-0.25, -0.2) is 4.79 Å². The van der Waals surface area contributed by atoms with E-state index in [9.17, 15) is 4.79 Å². The molecule has 1 aromatic rings. The predicted octanol–water partition coefficient (Wildman–Crippen LogP) is 3.22. The molecule has 22 heavy (non-hydrogen) atoms. The summed E-state index contributed by atoms with van der Waals surface area (Å²) >= 11 is 0. The largest absolute Gasteiger partial charge is 0.445 e. The van der Waals surface area contributed by atoms with Crippen LogP contribution in [0.15, 0.2) is 30.3 Å². The molecule has 0 aromatic heterocycles. The molecule has 4 heteroatoms. The van der Waals surface area contributed by atoms with E-state index in [-0.39, 0.29) is 12.1 Å². The van der Waals surface area contributed by atoms with Gasteiger partial charge in [0.15, 0.2) is 0 Å². The Labute approximate surface area is 132 Å². The lowest BCUT2D eigenvalue weighted by atomic mass is 9.82. The Morgan fingerprint density at radius 3 is 2.59 bits per heavy atom. The summed E-state index contributed by atoms with van der Waals surface area (Å²) in [7, 11) is 0. The molecule has 0 spiro atoms. The molecule has 4 nitrogen and oxygen atoms in total. The van der Waals surface area contributed by atoms with Crippen molar-refractivity contribution in [3.63, 3.8) is 0 Å². The van der Waals surface area contributed by atoms with Crippen LogP contribution in [0.4, 0.5) is 4.79 Å². The van der Waals surface area contributed by atoms with E-state index in [0.717, 1.165) is 30.9 Å². The van der Waals surface area contributed by atoms with Crippen LogP contribution >= 0.6 is 0 Å². The fraction of sp³-hybridized carbons (Fsp3) is 0.611. The van der Waals surface area contributed by atoms with Gasteiger partial charge in [-0.1, -0.05) is 49.6 Å². The van der Waals surface area contributed by atoms with Gasteiger partial charge < -0.3 is 15.4 Å². The first kappa shape index (κ1) is 15.3. The van der Waals surface area contributed by atoms with Gasteiger partial charge in [-0.3, -0.25) is 0 Å². The van der Waals surface area contributed by atoms with Crippen molar-refractivity contribution in [2.24, 2.45) is 5.92 Å². The van der Waals surface area contributed by atoms with Crippen LogP contribution in [0, 0.1) is 5.92 Å². The molecule has 0 bridgehead atoms. The minimum absolute atomic E-state index is 0.268. The third-order valence-electron chi connectivity index (χ3n) is 4.88. The second kappa shape index (κ2) is 7.63. The first-order valence-electron chi connectivity index (χ1n) is 8.50. The van der Waals surface area contributed by atoms with Crippen molar-refractivity contribution in [1.29, 1.82) is 0 Å². The maximum atomic E-state index is 11.7. The number of rotatable bonds is 7. The average Bonchev–Trinajstić information content (AvgIpc) is 2.45. The Hall–Kier alpha value is -1.55. The zero-order chi connectivity index (χ0) is 15.2. The third kappa shape index (κ3) is 4.47. The van der Waals surface area contributed by atoms with E-state index < -0.39 is 0 Å². The molecule has 0 heterocycles. The molecular weight excluding hydrogens is 276 g/mol. The Morgan fingerprint density at radius 2 is 1.91 bits per heavy atom. The molecular formula is C18H26N2O2. The van der Waals surface area contributed by atoms with Crippen LogP contribution < -0.4 is 10.6 Å². The minimum Gasteiger partial charge on any atom is -0.445 e. The molecule has 3 rings (SSSR count).